The third-order valence-electron chi connectivity index (χ3n) is 5.20. The van der Waals surface area contributed by atoms with E-state index in [1.807, 2.05) is 0 Å². The van der Waals surface area contributed by atoms with Crippen molar-refractivity contribution in [1.82, 2.24) is 0 Å². The first kappa shape index (κ1) is 17.0. The molecule has 0 aliphatic heterocycles. The topological polar surface area (TPSA) is 92.7 Å². The highest BCUT2D eigenvalue weighted by Crippen LogP contribution is 2.49. The minimum atomic E-state index is -0.888. The molecule has 0 spiro atoms. The first-order valence-corrected chi connectivity index (χ1v) is 9.19. The number of hydrogen-bond donors (Lipinski definition) is 2. The number of anilines is 1. The molecule has 1 heterocycles. The number of ether oxygens (including phenoxy) is 1. The van der Waals surface area contributed by atoms with Crippen molar-refractivity contribution < 1.29 is 24.2 Å². The molecule has 1 amide bonds. The minimum absolute atomic E-state index is 0.0797. The van der Waals surface area contributed by atoms with Gasteiger partial charge in [-0.3, -0.25) is 9.59 Å². The fourth-order valence-electron chi connectivity index (χ4n) is 4.15. The number of carboxylic acids is 1. The number of esters is 1. The second-order valence-electron chi connectivity index (χ2n) is 6.44. The molecule has 3 aliphatic carbocycles. The summed E-state index contributed by atoms with van der Waals surface area (Å²) >= 11 is 1.25. The van der Waals surface area contributed by atoms with Gasteiger partial charge in [0.2, 0.25) is 5.91 Å². The average Bonchev–Trinajstić information content (AvgIpc) is 3.03. The molecule has 3 saturated carbocycles. The zero-order chi connectivity index (χ0) is 17.3. The summed E-state index contributed by atoms with van der Waals surface area (Å²) < 4.78 is 4.99. The van der Waals surface area contributed by atoms with Crippen LogP contribution in [0.15, 0.2) is 11.4 Å². The Morgan fingerprint density at radius 3 is 2.42 bits per heavy atom. The molecule has 1 aromatic heterocycles. The summed E-state index contributed by atoms with van der Waals surface area (Å²) in [4.78, 5) is 36.4. The van der Waals surface area contributed by atoms with E-state index >= 15 is 0 Å². The van der Waals surface area contributed by atoms with Gasteiger partial charge in [-0.25, -0.2) is 4.79 Å². The summed E-state index contributed by atoms with van der Waals surface area (Å²) in [5.74, 6) is -2.60. The molecule has 6 nitrogen and oxygen atoms in total. The van der Waals surface area contributed by atoms with Gasteiger partial charge in [-0.15, -0.1) is 11.3 Å². The van der Waals surface area contributed by atoms with Crippen LogP contribution >= 0.6 is 11.3 Å². The molecular weight excluding hydrogens is 330 g/mol. The number of amides is 1. The number of carbonyl (C=O) groups excluding carboxylic acids is 2. The summed E-state index contributed by atoms with van der Waals surface area (Å²) in [6.07, 6.45) is 3.58. The fraction of sp³-hybridized carbons (Fsp3) is 0.588. The van der Waals surface area contributed by atoms with Crippen molar-refractivity contribution in [1.29, 1.82) is 0 Å². The van der Waals surface area contributed by atoms with Crippen LogP contribution in [0.1, 0.15) is 43.0 Å². The molecule has 1 aromatic rings. The Balaban J connectivity index is 1.78. The van der Waals surface area contributed by atoms with E-state index < -0.39 is 23.8 Å². The van der Waals surface area contributed by atoms with Gasteiger partial charge in [0, 0.05) is 0 Å². The summed E-state index contributed by atoms with van der Waals surface area (Å²) in [7, 11) is 0. The van der Waals surface area contributed by atoms with E-state index in [0.29, 0.717) is 10.6 Å². The number of carbonyl (C=O) groups is 3. The number of hydrogen-bond acceptors (Lipinski definition) is 5. The predicted octanol–water partition coefficient (Wildman–Crippen LogP) is 3.00. The number of thiophene rings is 1. The molecule has 4 rings (SSSR count). The lowest BCUT2D eigenvalue weighted by Crippen LogP contribution is -2.49. The van der Waals surface area contributed by atoms with E-state index in [2.05, 4.69) is 5.32 Å². The maximum absolute atomic E-state index is 12.8. The summed E-state index contributed by atoms with van der Waals surface area (Å²) in [6, 6.07) is 1.61. The van der Waals surface area contributed by atoms with E-state index in [9.17, 15) is 19.5 Å². The largest absolute Gasteiger partial charge is 0.481 e. The van der Waals surface area contributed by atoms with E-state index in [4.69, 9.17) is 4.74 Å². The monoisotopic (exact) mass is 351 g/mol. The summed E-state index contributed by atoms with van der Waals surface area (Å²) in [5.41, 5.74) is 0.322. The smallest absolute Gasteiger partial charge is 0.341 e. The van der Waals surface area contributed by atoms with Crippen molar-refractivity contribution in [2.75, 3.05) is 11.9 Å². The van der Waals surface area contributed by atoms with Crippen LogP contribution < -0.4 is 5.32 Å². The van der Waals surface area contributed by atoms with Crippen molar-refractivity contribution in [2.45, 2.75) is 32.6 Å². The predicted molar refractivity (Wildman–Crippen MR) is 89.0 cm³/mol. The van der Waals surface area contributed by atoms with Gasteiger partial charge < -0.3 is 15.2 Å². The number of aliphatic carboxylic acids is 1. The first-order chi connectivity index (χ1) is 11.5. The Morgan fingerprint density at radius 1 is 1.21 bits per heavy atom. The Labute approximate surface area is 144 Å². The van der Waals surface area contributed by atoms with Crippen molar-refractivity contribution in [3.8, 4) is 0 Å². The molecule has 3 aliphatic rings. The van der Waals surface area contributed by atoms with Gasteiger partial charge in [-0.1, -0.05) is 0 Å². The Kier molecular flexibility index (Phi) is 4.89. The maximum atomic E-state index is 12.8. The van der Waals surface area contributed by atoms with Gasteiger partial charge in [-0.2, -0.15) is 0 Å². The second kappa shape index (κ2) is 6.93. The molecular formula is C17H21NO5S. The molecule has 0 unspecified atom stereocenters. The fourth-order valence-corrected chi connectivity index (χ4v) is 4.93. The summed E-state index contributed by atoms with van der Waals surface area (Å²) in [5, 5.41) is 14.5. The molecule has 0 radical (unpaired) electrons. The molecule has 7 heteroatoms. The van der Waals surface area contributed by atoms with Crippen molar-refractivity contribution >= 4 is 34.2 Å². The maximum Gasteiger partial charge on any atom is 0.341 e. The molecule has 0 aromatic carbocycles. The lowest BCUT2D eigenvalue weighted by atomic mass is 9.58. The molecule has 2 bridgehead atoms. The first-order valence-electron chi connectivity index (χ1n) is 8.31. The van der Waals surface area contributed by atoms with Crippen LogP contribution in [0.2, 0.25) is 0 Å². The number of fused-ring (bicyclic) bond motifs is 3. The molecule has 3 fully saturated rings. The highest BCUT2D eigenvalue weighted by atomic mass is 32.1. The Hall–Kier alpha value is -1.89. The van der Waals surface area contributed by atoms with E-state index in [1.165, 1.54) is 11.3 Å². The van der Waals surface area contributed by atoms with Gasteiger partial charge in [0.25, 0.3) is 0 Å². The van der Waals surface area contributed by atoms with Gasteiger partial charge >= 0.3 is 11.9 Å². The average molecular weight is 351 g/mol. The zero-order valence-corrected chi connectivity index (χ0v) is 14.3. The quantitative estimate of drug-likeness (QED) is 0.796. The molecule has 130 valence electrons. The van der Waals surface area contributed by atoms with Gasteiger partial charge in [0.15, 0.2) is 0 Å². The van der Waals surface area contributed by atoms with Crippen molar-refractivity contribution in [2.24, 2.45) is 23.7 Å². The van der Waals surface area contributed by atoms with E-state index in [1.54, 1.807) is 18.4 Å². The highest BCUT2D eigenvalue weighted by molar-refractivity contribution is 7.14. The SMILES string of the molecule is CCOC(=O)c1ccsc1NC(=O)[C@@H]1C2CCC(CC2)[C@H]1C(=O)O. The van der Waals surface area contributed by atoms with Crippen LogP contribution in [0.4, 0.5) is 5.00 Å². The van der Waals surface area contributed by atoms with Gasteiger partial charge in [0.05, 0.1) is 24.0 Å². The number of nitrogens with one attached hydrogen (secondary N) is 1. The van der Waals surface area contributed by atoms with Crippen LogP contribution in [0.25, 0.3) is 0 Å². The van der Waals surface area contributed by atoms with Crippen LogP contribution in [-0.2, 0) is 14.3 Å². The summed E-state index contributed by atoms with van der Waals surface area (Å²) in [6.45, 7) is 1.98. The van der Waals surface area contributed by atoms with Crippen LogP contribution in [0.5, 0.6) is 0 Å². The van der Waals surface area contributed by atoms with Crippen LogP contribution in [-0.4, -0.2) is 29.6 Å². The third-order valence-corrected chi connectivity index (χ3v) is 6.03. The van der Waals surface area contributed by atoms with Crippen molar-refractivity contribution in [3.05, 3.63) is 17.0 Å². The van der Waals surface area contributed by atoms with Gasteiger partial charge in [-0.05, 0) is 55.9 Å². The Morgan fingerprint density at radius 2 is 1.83 bits per heavy atom. The Bertz CT molecular complexity index is 647. The van der Waals surface area contributed by atoms with Crippen LogP contribution in [0.3, 0.4) is 0 Å². The molecule has 0 saturated heterocycles. The third kappa shape index (κ3) is 3.05. The standard InChI is InChI=1S/C17H21NO5S/c1-2-23-17(22)11-7-8-24-15(11)18-14(19)12-9-3-5-10(6-4-9)13(12)16(20)21/h7-10,12-13H,2-6H2,1H3,(H,18,19)(H,20,21)/t9?,10?,12-,13-/m1/s1. The van der Waals surface area contributed by atoms with Crippen molar-refractivity contribution in [3.63, 3.8) is 0 Å². The van der Waals surface area contributed by atoms with E-state index in [0.717, 1.165) is 25.7 Å². The van der Waals surface area contributed by atoms with Crippen LogP contribution in [0, 0.1) is 23.7 Å². The lowest BCUT2D eigenvalue weighted by Gasteiger charge is -2.45. The molecule has 2 atom stereocenters. The van der Waals surface area contributed by atoms with Gasteiger partial charge in [0.1, 0.15) is 5.00 Å². The minimum Gasteiger partial charge on any atom is -0.481 e. The van der Waals surface area contributed by atoms with E-state index in [-0.39, 0.29) is 24.3 Å². The lowest BCUT2D eigenvalue weighted by molar-refractivity contribution is -0.156. The normalized spacial score (nSPS) is 28.4. The molecule has 2 N–H and O–H groups in total. The molecule has 24 heavy (non-hydrogen) atoms. The zero-order valence-electron chi connectivity index (χ0n) is 13.5. The number of carboxylic acid groups (broad SMARTS) is 1. The number of rotatable bonds is 5. The second-order valence-corrected chi connectivity index (χ2v) is 7.35. The highest BCUT2D eigenvalue weighted by Gasteiger charge is 2.50.